The summed E-state index contributed by atoms with van der Waals surface area (Å²) in [7, 11) is 4.69. The van der Waals surface area contributed by atoms with E-state index in [1.165, 1.54) is 10.8 Å². The van der Waals surface area contributed by atoms with Gasteiger partial charge in [0.2, 0.25) is 5.88 Å². The first-order valence-corrected chi connectivity index (χ1v) is 9.84. The number of hydrogen-bond donors (Lipinski definition) is 1. The fourth-order valence-electron chi connectivity index (χ4n) is 3.49. The molecule has 0 saturated carbocycles. The summed E-state index contributed by atoms with van der Waals surface area (Å²) in [6.07, 6.45) is 1.52. The molecule has 7 heteroatoms. The Labute approximate surface area is 184 Å². The molecular formula is C25H22N2O5. The summed E-state index contributed by atoms with van der Waals surface area (Å²) in [6.45, 7) is 0. The Balaban J connectivity index is 1.93. The maximum atomic E-state index is 13.2. The van der Waals surface area contributed by atoms with E-state index < -0.39 is 0 Å². The van der Waals surface area contributed by atoms with Gasteiger partial charge in [-0.2, -0.15) is 0 Å². The number of rotatable bonds is 6. The second-order valence-corrected chi connectivity index (χ2v) is 6.92. The van der Waals surface area contributed by atoms with E-state index in [4.69, 9.17) is 14.2 Å². The van der Waals surface area contributed by atoms with E-state index in [-0.39, 0.29) is 11.4 Å². The normalized spacial score (nSPS) is 11.1. The molecule has 0 saturated heterocycles. The van der Waals surface area contributed by atoms with Gasteiger partial charge in [-0.3, -0.25) is 9.79 Å². The molecular weight excluding hydrogens is 408 g/mol. The van der Waals surface area contributed by atoms with Gasteiger partial charge in [0, 0.05) is 23.1 Å². The molecule has 1 N–H and O–H groups in total. The Morgan fingerprint density at radius 3 is 2.16 bits per heavy atom. The number of pyridine rings is 1. The van der Waals surface area contributed by atoms with Gasteiger partial charge < -0.3 is 19.3 Å². The van der Waals surface area contributed by atoms with E-state index in [0.29, 0.717) is 45.0 Å². The van der Waals surface area contributed by atoms with E-state index in [1.54, 1.807) is 82.0 Å². The molecule has 0 fully saturated rings. The Morgan fingerprint density at radius 2 is 1.50 bits per heavy atom. The number of fused-ring (bicyclic) bond motifs is 1. The molecule has 0 atom stereocenters. The fraction of sp³-hybridized carbons (Fsp3) is 0.120. The lowest BCUT2D eigenvalue weighted by Gasteiger charge is -2.14. The number of methoxy groups -OCH3 is 3. The largest absolute Gasteiger partial charge is 0.497 e. The molecule has 0 spiro atoms. The van der Waals surface area contributed by atoms with Gasteiger partial charge in [-0.15, -0.1) is 0 Å². The topological polar surface area (TPSA) is 82.3 Å². The van der Waals surface area contributed by atoms with E-state index in [2.05, 4.69) is 4.99 Å². The average Bonchev–Trinajstić information content (AvgIpc) is 2.84. The van der Waals surface area contributed by atoms with Crippen LogP contribution in [0.5, 0.6) is 23.1 Å². The second kappa shape index (κ2) is 8.85. The minimum atomic E-state index is -0.334. The van der Waals surface area contributed by atoms with Crippen LogP contribution in [0, 0.1) is 0 Å². The van der Waals surface area contributed by atoms with Crippen LogP contribution in [0.2, 0.25) is 0 Å². The van der Waals surface area contributed by atoms with Crippen LogP contribution in [0.1, 0.15) is 5.56 Å². The Hall–Kier alpha value is -4.26. The van der Waals surface area contributed by atoms with Gasteiger partial charge in [0.15, 0.2) is 0 Å². The molecule has 3 aromatic carbocycles. The van der Waals surface area contributed by atoms with Crippen molar-refractivity contribution in [3.8, 4) is 28.8 Å². The molecule has 4 rings (SSSR count). The zero-order valence-corrected chi connectivity index (χ0v) is 17.9. The summed E-state index contributed by atoms with van der Waals surface area (Å²) < 4.78 is 17.1. The van der Waals surface area contributed by atoms with Gasteiger partial charge in [-0.05, 0) is 42.5 Å². The van der Waals surface area contributed by atoms with Crippen molar-refractivity contribution in [3.05, 3.63) is 82.6 Å². The lowest BCUT2D eigenvalue weighted by molar-refractivity contribution is 0.404. The predicted octanol–water partition coefficient (Wildman–Crippen LogP) is 4.47. The zero-order chi connectivity index (χ0) is 22.7. The molecule has 0 radical (unpaired) electrons. The molecule has 0 unspecified atom stereocenters. The third-order valence-electron chi connectivity index (χ3n) is 5.15. The van der Waals surface area contributed by atoms with Gasteiger partial charge in [0.25, 0.3) is 5.56 Å². The summed E-state index contributed by atoms with van der Waals surface area (Å²) in [5.41, 5.74) is 1.10. The number of aliphatic imine (C=N–C) groups is 1. The minimum absolute atomic E-state index is 0.218. The molecule has 1 heterocycles. The van der Waals surface area contributed by atoms with Crippen LogP contribution in [0.15, 0.2) is 76.5 Å². The maximum Gasteiger partial charge on any atom is 0.265 e. The standard InChI is InChI=1S/C25H22N2O5/c1-30-17-10-8-16(9-11-17)27-24(28)20-7-5-4-6-19(20)21(25(27)29)15-26-22-14-18(31-2)12-13-23(22)32-3/h4-15,29H,1-3H3. The van der Waals surface area contributed by atoms with Gasteiger partial charge in [-0.1, -0.05) is 18.2 Å². The molecule has 32 heavy (non-hydrogen) atoms. The number of hydrogen-bond acceptors (Lipinski definition) is 6. The summed E-state index contributed by atoms with van der Waals surface area (Å²) in [4.78, 5) is 17.7. The van der Waals surface area contributed by atoms with Crippen molar-refractivity contribution in [2.24, 2.45) is 4.99 Å². The average molecular weight is 430 g/mol. The summed E-state index contributed by atoms with van der Waals surface area (Å²) in [5, 5.41) is 12.2. The molecule has 0 bridgehead atoms. The molecule has 0 aliphatic carbocycles. The smallest absolute Gasteiger partial charge is 0.265 e. The predicted molar refractivity (Wildman–Crippen MR) is 125 cm³/mol. The Kier molecular flexibility index (Phi) is 5.81. The first-order valence-electron chi connectivity index (χ1n) is 9.84. The molecule has 4 aromatic rings. The highest BCUT2D eigenvalue weighted by atomic mass is 16.5. The molecule has 0 aliphatic heterocycles. The summed E-state index contributed by atoms with van der Waals surface area (Å²) >= 11 is 0. The summed E-state index contributed by atoms with van der Waals surface area (Å²) in [5.74, 6) is 1.60. The van der Waals surface area contributed by atoms with E-state index in [0.717, 1.165) is 0 Å². The first kappa shape index (κ1) is 21.0. The van der Waals surface area contributed by atoms with Crippen LogP contribution in [0.25, 0.3) is 16.5 Å². The first-order chi connectivity index (χ1) is 15.6. The lowest BCUT2D eigenvalue weighted by atomic mass is 10.1. The molecule has 7 nitrogen and oxygen atoms in total. The Bertz CT molecular complexity index is 1360. The minimum Gasteiger partial charge on any atom is -0.497 e. The molecule has 162 valence electrons. The number of benzene rings is 3. The quantitative estimate of drug-likeness (QED) is 0.456. The van der Waals surface area contributed by atoms with Crippen LogP contribution in [-0.2, 0) is 0 Å². The molecule has 1 aromatic heterocycles. The van der Waals surface area contributed by atoms with Crippen molar-refractivity contribution >= 4 is 22.7 Å². The second-order valence-electron chi connectivity index (χ2n) is 6.92. The van der Waals surface area contributed by atoms with Gasteiger partial charge >= 0.3 is 0 Å². The highest BCUT2D eigenvalue weighted by Crippen LogP contribution is 2.33. The maximum absolute atomic E-state index is 13.2. The zero-order valence-electron chi connectivity index (χ0n) is 17.9. The van der Waals surface area contributed by atoms with Crippen molar-refractivity contribution in [3.63, 3.8) is 0 Å². The van der Waals surface area contributed by atoms with Gasteiger partial charge in [0.1, 0.15) is 22.9 Å². The number of aromatic nitrogens is 1. The Morgan fingerprint density at radius 1 is 0.844 bits per heavy atom. The SMILES string of the molecule is COc1ccc(-n2c(O)c(C=Nc3cc(OC)ccc3OC)c3ccccc3c2=O)cc1. The van der Waals surface area contributed by atoms with E-state index in [9.17, 15) is 9.90 Å². The lowest BCUT2D eigenvalue weighted by Crippen LogP contribution is -2.20. The van der Waals surface area contributed by atoms with E-state index in [1.807, 2.05) is 6.07 Å². The van der Waals surface area contributed by atoms with Crippen LogP contribution in [0.3, 0.4) is 0 Å². The number of nitrogens with zero attached hydrogens (tertiary/aromatic N) is 2. The molecule has 0 aliphatic rings. The van der Waals surface area contributed by atoms with Crippen molar-refractivity contribution in [1.29, 1.82) is 0 Å². The third kappa shape index (κ3) is 3.76. The summed E-state index contributed by atoms with van der Waals surface area (Å²) in [6, 6.07) is 19.2. The third-order valence-corrected chi connectivity index (χ3v) is 5.15. The number of ether oxygens (including phenoxy) is 3. The van der Waals surface area contributed by atoms with Crippen molar-refractivity contribution in [2.45, 2.75) is 0 Å². The highest BCUT2D eigenvalue weighted by Gasteiger charge is 2.16. The van der Waals surface area contributed by atoms with E-state index >= 15 is 0 Å². The van der Waals surface area contributed by atoms with Gasteiger partial charge in [0.05, 0.1) is 32.6 Å². The number of aromatic hydroxyl groups is 1. The van der Waals surface area contributed by atoms with Crippen LogP contribution < -0.4 is 19.8 Å². The van der Waals surface area contributed by atoms with Gasteiger partial charge in [-0.25, -0.2) is 4.57 Å². The van der Waals surface area contributed by atoms with Crippen molar-refractivity contribution in [1.82, 2.24) is 4.57 Å². The van der Waals surface area contributed by atoms with Crippen molar-refractivity contribution < 1.29 is 19.3 Å². The fourth-order valence-corrected chi connectivity index (χ4v) is 3.49. The monoisotopic (exact) mass is 430 g/mol. The van der Waals surface area contributed by atoms with Crippen LogP contribution >= 0.6 is 0 Å². The highest BCUT2D eigenvalue weighted by molar-refractivity contribution is 6.02. The molecule has 0 amide bonds. The van der Waals surface area contributed by atoms with Crippen LogP contribution in [0.4, 0.5) is 5.69 Å². The van der Waals surface area contributed by atoms with Crippen molar-refractivity contribution in [2.75, 3.05) is 21.3 Å². The van der Waals surface area contributed by atoms with Crippen LogP contribution in [-0.4, -0.2) is 37.2 Å².